The highest BCUT2D eigenvalue weighted by Gasteiger charge is 2.34. The second-order valence-electron chi connectivity index (χ2n) is 9.60. The zero-order valence-electron chi connectivity index (χ0n) is 21.3. The molecule has 7 heteroatoms. The predicted molar refractivity (Wildman–Crippen MR) is 133 cm³/mol. The number of methoxy groups -OCH3 is 1. The quantitative estimate of drug-likeness (QED) is 0.673. The molecule has 1 saturated heterocycles. The molecule has 1 aromatic heterocycles. The summed E-state index contributed by atoms with van der Waals surface area (Å²) in [5, 5.41) is 4.71. The van der Waals surface area contributed by atoms with Crippen LogP contribution in [0.5, 0.6) is 5.75 Å². The van der Waals surface area contributed by atoms with Crippen LogP contribution in [0.3, 0.4) is 0 Å². The van der Waals surface area contributed by atoms with Crippen molar-refractivity contribution in [2.45, 2.75) is 78.1 Å². The first-order valence-electron chi connectivity index (χ1n) is 12.8. The second-order valence-corrected chi connectivity index (χ2v) is 9.60. The van der Waals surface area contributed by atoms with Gasteiger partial charge < -0.3 is 14.4 Å². The standard InChI is InChI=1S/C27H40N4O3/c1-5-31-21(3)24(20(2)28-31)19-29-14-7-6-12-25-26(33-4)13-9-15-30(25)27(32)22-10-8-11-23(18-22)34-17-16-29/h8,10-11,18,25-26H,5-7,9,12-17,19H2,1-4H3/t25-,26-/m0/s1. The van der Waals surface area contributed by atoms with E-state index in [1.54, 1.807) is 7.11 Å². The van der Waals surface area contributed by atoms with Gasteiger partial charge in [-0.05, 0) is 71.2 Å². The van der Waals surface area contributed by atoms with Gasteiger partial charge >= 0.3 is 0 Å². The Bertz CT molecular complexity index is 973. The molecule has 2 aromatic rings. The van der Waals surface area contributed by atoms with Crippen molar-refractivity contribution < 1.29 is 14.3 Å². The van der Waals surface area contributed by atoms with Gasteiger partial charge in [0, 0.05) is 50.1 Å². The van der Waals surface area contributed by atoms with Crippen LogP contribution >= 0.6 is 0 Å². The summed E-state index contributed by atoms with van der Waals surface area (Å²) in [7, 11) is 1.78. The summed E-state index contributed by atoms with van der Waals surface area (Å²) in [6.07, 6.45) is 5.22. The SMILES string of the molecule is CCn1nc(C)c(CN2CCCC[C@H]3[C@@H](OC)CCCN3C(=O)c3cccc(c3)OCC2)c1C. The van der Waals surface area contributed by atoms with Crippen LogP contribution in [0.1, 0.15) is 66.3 Å². The van der Waals surface area contributed by atoms with E-state index in [0.717, 1.165) is 76.3 Å². The van der Waals surface area contributed by atoms with Crippen LogP contribution in [-0.4, -0.2) is 71.0 Å². The highest BCUT2D eigenvalue weighted by atomic mass is 16.5. The van der Waals surface area contributed by atoms with Crippen molar-refractivity contribution in [1.29, 1.82) is 0 Å². The van der Waals surface area contributed by atoms with Crippen molar-refractivity contribution in [3.8, 4) is 5.75 Å². The maximum Gasteiger partial charge on any atom is 0.254 e. The second kappa shape index (κ2) is 11.4. The normalized spacial score (nSPS) is 22.7. The molecular formula is C27H40N4O3. The highest BCUT2D eigenvalue weighted by molar-refractivity contribution is 5.95. The van der Waals surface area contributed by atoms with Gasteiger partial charge in [0.15, 0.2) is 0 Å². The van der Waals surface area contributed by atoms with Gasteiger partial charge in [0.1, 0.15) is 12.4 Å². The number of aromatic nitrogens is 2. The maximum atomic E-state index is 13.4. The smallest absolute Gasteiger partial charge is 0.254 e. The van der Waals surface area contributed by atoms with E-state index in [2.05, 4.69) is 30.4 Å². The molecule has 2 bridgehead atoms. The number of fused-ring (bicyclic) bond motifs is 3. The number of nitrogens with zero attached hydrogens (tertiary/aromatic N) is 4. The number of amides is 1. The van der Waals surface area contributed by atoms with E-state index < -0.39 is 0 Å². The van der Waals surface area contributed by atoms with Gasteiger partial charge in [-0.25, -0.2) is 0 Å². The fourth-order valence-corrected chi connectivity index (χ4v) is 5.52. The number of ether oxygens (including phenoxy) is 2. The summed E-state index contributed by atoms with van der Waals surface area (Å²) in [4.78, 5) is 18.0. The van der Waals surface area contributed by atoms with Crippen molar-refractivity contribution >= 4 is 5.91 Å². The summed E-state index contributed by atoms with van der Waals surface area (Å²) in [5.41, 5.74) is 4.40. The molecule has 2 aliphatic rings. The third-order valence-electron chi connectivity index (χ3n) is 7.47. The minimum atomic E-state index is 0.0924. The van der Waals surface area contributed by atoms with Crippen molar-refractivity contribution in [1.82, 2.24) is 19.6 Å². The van der Waals surface area contributed by atoms with Crippen LogP contribution in [0.15, 0.2) is 24.3 Å². The van der Waals surface area contributed by atoms with Crippen molar-refractivity contribution in [3.63, 3.8) is 0 Å². The molecule has 4 rings (SSSR count). The Balaban J connectivity index is 1.55. The van der Waals surface area contributed by atoms with E-state index >= 15 is 0 Å². The van der Waals surface area contributed by atoms with Crippen LogP contribution < -0.4 is 4.74 Å². The lowest BCUT2D eigenvalue weighted by molar-refractivity contribution is -0.0156. The topological polar surface area (TPSA) is 59.8 Å². The Morgan fingerprint density at radius 2 is 1.97 bits per heavy atom. The van der Waals surface area contributed by atoms with Crippen LogP contribution in [-0.2, 0) is 17.8 Å². The first kappa shape index (κ1) is 24.7. The average Bonchev–Trinajstić information content (AvgIpc) is 3.13. The van der Waals surface area contributed by atoms with E-state index in [1.165, 1.54) is 11.3 Å². The van der Waals surface area contributed by atoms with Gasteiger partial charge in [0.2, 0.25) is 0 Å². The lowest BCUT2D eigenvalue weighted by Gasteiger charge is -2.41. The Kier molecular flexibility index (Phi) is 8.27. The molecule has 0 aliphatic carbocycles. The minimum Gasteiger partial charge on any atom is -0.492 e. The zero-order valence-corrected chi connectivity index (χ0v) is 21.3. The molecule has 2 aliphatic heterocycles. The molecule has 1 aromatic carbocycles. The lowest BCUT2D eigenvalue weighted by atomic mass is 9.93. The van der Waals surface area contributed by atoms with Crippen LogP contribution in [0, 0.1) is 13.8 Å². The molecule has 0 N–H and O–H groups in total. The molecule has 1 amide bonds. The zero-order chi connectivity index (χ0) is 24.1. The van der Waals surface area contributed by atoms with Crippen molar-refractivity contribution in [2.75, 3.05) is 33.4 Å². The number of benzene rings is 1. The van der Waals surface area contributed by atoms with E-state index in [9.17, 15) is 4.79 Å². The molecular weight excluding hydrogens is 428 g/mol. The monoisotopic (exact) mass is 468 g/mol. The lowest BCUT2D eigenvalue weighted by Crippen LogP contribution is -2.51. The summed E-state index contributed by atoms with van der Waals surface area (Å²) < 4.78 is 14.0. The molecule has 3 heterocycles. The van der Waals surface area contributed by atoms with E-state index in [1.807, 2.05) is 29.2 Å². The number of aryl methyl sites for hydroxylation is 2. The van der Waals surface area contributed by atoms with E-state index in [4.69, 9.17) is 14.6 Å². The van der Waals surface area contributed by atoms with Crippen LogP contribution in [0.4, 0.5) is 0 Å². The molecule has 34 heavy (non-hydrogen) atoms. The first-order valence-corrected chi connectivity index (χ1v) is 12.8. The third-order valence-corrected chi connectivity index (χ3v) is 7.47. The van der Waals surface area contributed by atoms with Gasteiger partial charge in [0.05, 0.1) is 17.8 Å². The largest absolute Gasteiger partial charge is 0.492 e. The Morgan fingerprint density at radius 1 is 1.12 bits per heavy atom. The van der Waals surface area contributed by atoms with E-state index in [0.29, 0.717) is 12.2 Å². The molecule has 1 fully saturated rings. The first-order chi connectivity index (χ1) is 16.5. The number of rotatable bonds is 4. The van der Waals surface area contributed by atoms with Crippen molar-refractivity contribution in [3.05, 3.63) is 46.8 Å². The van der Waals surface area contributed by atoms with Gasteiger partial charge in [0.25, 0.3) is 5.91 Å². The molecule has 7 nitrogen and oxygen atoms in total. The summed E-state index contributed by atoms with van der Waals surface area (Å²) >= 11 is 0. The number of piperidine rings is 1. The maximum absolute atomic E-state index is 13.4. The van der Waals surface area contributed by atoms with Gasteiger partial charge in [-0.15, -0.1) is 0 Å². The number of carbonyl (C=O) groups is 1. The van der Waals surface area contributed by atoms with Crippen LogP contribution in [0.25, 0.3) is 0 Å². The van der Waals surface area contributed by atoms with Gasteiger partial charge in [-0.1, -0.05) is 12.5 Å². The highest BCUT2D eigenvalue weighted by Crippen LogP contribution is 2.27. The number of carbonyl (C=O) groups excluding carboxylic acids is 1. The summed E-state index contributed by atoms with van der Waals surface area (Å²) in [6, 6.07) is 7.78. The molecule has 186 valence electrons. The van der Waals surface area contributed by atoms with Crippen molar-refractivity contribution in [2.24, 2.45) is 0 Å². The summed E-state index contributed by atoms with van der Waals surface area (Å²) in [6.45, 7) is 11.4. The number of hydrogen-bond acceptors (Lipinski definition) is 5. The fraction of sp³-hybridized carbons (Fsp3) is 0.630. The molecule has 0 spiro atoms. The van der Waals surface area contributed by atoms with E-state index in [-0.39, 0.29) is 18.1 Å². The minimum absolute atomic E-state index is 0.0924. The molecule has 2 atom stereocenters. The Hall–Kier alpha value is -2.38. The fourth-order valence-electron chi connectivity index (χ4n) is 5.52. The molecule has 0 unspecified atom stereocenters. The number of hydrogen-bond donors (Lipinski definition) is 0. The Labute approximate surface area is 204 Å². The third kappa shape index (κ3) is 5.47. The molecule has 0 radical (unpaired) electrons. The summed E-state index contributed by atoms with van der Waals surface area (Å²) in [5.74, 6) is 0.848. The Morgan fingerprint density at radius 3 is 2.74 bits per heavy atom. The average molecular weight is 469 g/mol. The van der Waals surface area contributed by atoms with Gasteiger partial charge in [-0.3, -0.25) is 14.4 Å². The van der Waals surface area contributed by atoms with Gasteiger partial charge in [-0.2, -0.15) is 5.10 Å². The molecule has 0 saturated carbocycles. The predicted octanol–water partition coefficient (Wildman–Crippen LogP) is 4.20. The van der Waals surface area contributed by atoms with Crippen LogP contribution in [0.2, 0.25) is 0 Å².